The van der Waals surface area contributed by atoms with E-state index in [1.807, 2.05) is 0 Å². The molecule has 0 saturated carbocycles. The lowest BCUT2D eigenvalue weighted by Crippen LogP contribution is -3.17. The highest BCUT2D eigenvalue weighted by molar-refractivity contribution is 4.64. The van der Waals surface area contributed by atoms with E-state index in [0.29, 0.717) is 6.61 Å². The maximum absolute atomic E-state index is 10.9. The third-order valence-corrected chi connectivity index (χ3v) is 1.28. The van der Waals surface area contributed by atoms with Crippen LogP contribution in [0.4, 0.5) is 0 Å². The molecule has 0 aromatic carbocycles. The number of ether oxygens (including phenoxy) is 1. The summed E-state index contributed by atoms with van der Waals surface area (Å²) in [6.45, 7) is 4.89. The van der Waals surface area contributed by atoms with Crippen molar-refractivity contribution in [2.75, 3.05) is 19.8 Å². The highest BCUT2D eigenvalue weighted by atomic mass is 16.7. The normalized spacial score (nSPS) is 14.3. The Morgan fingerprint density at radius 2 is 2.25 bits per heavy atom. The van der Waals surface area contributed by atoms with Gasteiger partial charge in [-0.05, 0) is 13.0 Å². The minimum atomic E-state index is -2.37. The first-order valence-electron chi connectivity index (χ1n) is 3.71. The van der Waals surface area contributed by atoms with Crippen LogP contribution in [0.1, 0.15) is 6.92 Å². The summed E-state index contributed by atoms with van der Waals surface area (Å²) in [5, 5.41) is 28.4. The fourth-order valence-electron chi connectivity index (χ4n) is 0.619. The smallest absolute Gasteiger partial charge is 0.337 e. The van der Waals surface area contributed by atoms with Crippen LogP contribution in [0.25, 0.3) is 0 Å². The van der Waals surface area contributed by atoms with Gasteiger partial charge in [0, 0.05) is 6.61 Å². The summed E-state index contributed by atoms with van der Waals surface area (Å²) in [6, 6.07) is 0. The molecule has 3 N–H and O–H groups in total. The van der Waals surface area contributed by atoms with Crippen molar-refractivity contribution in [3.8, 4) is 0 Å². The van der Waals surface area contributed by atoms with Gasteiger partial charge in [-0.3, -0.25) is 0 Å². The highest BCUT2D eigenvalue weighted by Crippen LogP contribution is 1.88. The zero-order valence-electron chi connectivity index (χ0n) is 7.12. The molecule has 0 amide bonds. The zero-order valence-corrected chi connectivity index (χ0v) is 7.12. The quantitative estimate of drug-likeness (QED) is 0.255. The Kier molecular flexibility index (Phi) is 5.03. The Morgan fingerprint density at radius 3 is 2.67 bits per heavy atom. The largest absolute Gasteiger partial charge is 0.630 e. The molecular weight excluding hydrogens is 162 g/mol. The van der Waals surface area contributed by atoms with E-state index in [4.69, 9.17) is 14.9 Å². The van der Waals surface area contributed by atoms with Gasteiger partial charge < -0.3 is 25.2 Å². The Labute approximate surface area is 71.4 Å². The predicted octanol–water partition coefficient (Wildman–Crippen LogP) is -1.77. The first-order chi connectivity index (χ1) is 5.54. The summed E-state index contributed by atoms with van der Waals surface area (Å²) in [6.07, 6.45) is 1.31. The van der Waals surface area contributed by atoms with Crippen molar-refractivity contribution in [3.05, 3.63) is 17.9 Å². The summed E-state index contributed by atoms with van der Waals surface area (Å²) >= 11 is 0. The molecule has 0 aliphatic heterocycles. The van der Waals surface area contributed by atoms with E-state index >= 15 is 0 Å². The molecular formula is C7H15NO4. The van der Waals surface area contributed by atoms with Crippen molar-refractivity contribution in [2.45, 2.75) is 12.8 Å². The standard InChI is InChI=1S/C7H15NO4/c1-3-5-8(11)7(9,10)6-12-4-2/h3,8-10H,1,4-6H2,2H3. The maximum Gasteiger partial charge on any atom is 0.337 e. The van der Waals surface area contributed by atoms with Gasteiger partial charge in [-0.25, -0.2) is 0 Å². The zero-order chi connectivity index (χ0) is 9.61. The molecule has 12 heavy (non-hydrogen) atoms. The number of nitrogens with one attached hydrogen (secondary N) is 1. The average Bonchev–Trinajstić information content (AvgIpc) is 2.01. The van der Waals surface area contributed by atoms with Crippen LogP contribution in [0.5, 0.6) is 0 Å². The lowest BCUT2D eigenvalue weighted by molar-refractivity contribution is -0.961. The van der Waals surface area contributed by atoms with E-state index in [1.165, 1.54) is 6.08 Å². The van der Waals surface area contributed by atoms with Crippen LogP contribution in [0.2, 0.25) is 0 Å². The predicted molar refractivity (Wildman–Crippen MR) is 43.1 cm³/mol. The van der Waals surface area contributed by atoms with Gasteiger partial charge in [0.05, 0.1) is 6.54 Å². The molecule has 0 radical (unpaired) electrons. The first-order valence-corrected chi connectivity index (χ1v) is 3.71. The summed E-state index contributed by atoms with van der Waals surface area (Å²) in [4.78, 5) is 0. The van der Waals surface area contributed by atoms with Gasteiger partial charge in [-0.2, -0.15) is 0 Å². The Hall–Kier alpha value is -0.460. The second-order valence-electron chi connectivity index (χ2n) is 2.37. The molecule has 1 atom stereocenters. The van der Waals surface area contributed by atoms with Gasteiger partial charge >= 0.3 is 5.91 Å². The van der Waals surface area contributed by atoms with Crippen LogP contribution >= 0.6 is 0 Å². The molecule has 0 spiro atoms. The van der Waals surface area contributed by atoms with E-state index in [9.17, 15) is 5.21 Å². The van der Waals surface area contributed by atoms with Crippen molar-refractivity contribution in [3.63, 3.8) is 0 Å². The van der Waals surface area contributed by atoms with Gasteiger partial charge in [0.1, 0.15) is 0 Å². The number of hydroxylamine groups is 2. The van der Waals surface area contributed by atoms with Gasteiger partial charge in [0.15, 0.2) is 6.61 Å². The molecule has 1 unspecified atom stereocenters. The number of quaternary nitrogens is 1. The Balaban J connectivity index is 3.89. The van der Waals surface area contributed by atoms with Crippen molar-refractivity contribution in [1.82, 2.24) is 0 Å². The molecule has 0 fully saturated rings. The Bertz CT molecular complexity index is 137. The van der Waals surface area contributed by atoms with Crippen LogP contribution in [-0.4, -0.2) is 35.9 Å². The van der Waals surface area contributed by atoms with Gasteiger partial charge in [-0.15, -0.1) is 0 Å². The third-order valence-electron chi connectivity index (χ3n) is 1.28. The fourth-order valence-corrected chi connectivity index (χ4v) is 0.619. The second kappa shape index (κ2) is 5.23. The van der Waals surface area contributed by atoms with E-state index < -0.39 is 17.6 Å². The minimum absolute atomic E-state index is 0.0694. The molecule has 0 saturated heterocycles. The Morgan fingerprint density at radius 1 is 1.67 bits per heavy atom. The molecule has 0 aromatic heterocycles. The van der Waals surface area contributed by atoms with Crippen LogP contribution < -0.4 is 5.06 Å². The van der Waals surface area contributed by atoms with Crippen LogP contribution in [0.15, 0.2) is 12.7 Å². The molecule has 0 heterocycles. The van der Waals surface area contributed by atoms with E-state index in [-0.39, 0.29) is 6.54 Å². The van der Waals surface area contributed by atoms with Crippen molar-refractivity contribution >= 4 is 0 Å². The van der Waals surface area contributed by atoms with E-state index in [1.54, 1.807) is 6.92 Å². The van der Waals surface area contributed by atoms with Crippen LogP contribution in [0.3, 0.4) is 0 Å². The monoisotopic (exact) mass is 177 g/mol. The number of aliphatic hydroxyl groups is 2. The van der Waals surface area contributed by atoms with E-state index in [2.05, 4.69) is 6.58 Å². The summed E-state index contributed by atoms with van der Waals surface area (Å²) in [5.74, 6) is -2.37. The van der Waals surface area contributed by atoms with Gasteiger partial charge in [-0.1, -0.05) is 6.58 Å². The van der Waals surface area contributed by atoms with Crippen molar-refractivity contribution in [1.29, 1.82) is 0 Å². The third kappa shape index (κ3) is 3.80. The SMILES string of the molecule is C=CC[NH+]([O-])C(O)(O)COCC. The lowest BCUT2D eigenvalue weighted by Gasteiger charge is -2.32. The van der Waals surface area contributed by atoms with Gasteiger partial charge in [0.25, 0.3) is 0 Å². The van der Waals surface area contributed by atoms with Crippen LogP contribution in [0, 0.1) is 5.21 Å². The fraction of sp³-hybridized carbons (Fsp3) is 0.714. The first kappa shape index (κ1) is 11.5. The topological polar surface area (TPSA) is 77.2 Å². The minimum Gasteiger partial charge on any atom is -0.630 e. The van der Waals surface area contributed by atoms with Crippen molar-refractivity contribution in [2.24, 2.45) is 0 Å². The molecule has 0 aromatic rings. The molecule has 0 aliphatic rings. The molecule has 0 bridgehead atoms. The summed E-state index contributed by atoms with van der Waals surface area (Å²) < 4.78 is 4.71. The molecule has 5 nitrogen and oxygen atoms in total. The summed E-state index contributed by atoms with van der Waals surface area (Å²) in [7, 11) is 0. The second-order valence-corrected chi connectivity index (χ2v) is 2.37. The molecule has 0 rings (SSSR count). The van der Waals surface area contributed by atoms with Gasteiger partial charge in [0.2, 0.25) is 0 Å². The number of hydrogen-bond donors (Lipinski definition) is 3. The van der Waals surface area contributed by atoms with Crippen LogP contribution in [-0.2, 0) is 4.74 Å². The molecule has 72 valence electrons. The van der Waals surface area contributed by atoms with Crippen molar-refractivity contribution < 1.29 is 20.0 Å². The highest BCUT2D eigenvalue weighted by Gasteiger charge is 2.30. The maximum atomic E-state index is 10.9. The van der Waals surface area contributed by atoms with E-state index in [0.717, 1.165) is 0 Å². The molecule has 5 heteroatoms. The molecule has 0 aliphatic carbocycles. The summed E-state index contributed by atoms with van der Waals surface area (Å²) in [5.41, 5.74) is 0. The average molecular weight is 177 g/mol. The number of rotatable bonds is 6. The number of hydrogen-bond acceptors (Lipinski definition) is 4. The lowest BCUT2D eigenvalue weighted by atomic mass is 10.4.